The Hall–Kier alpha value is -1.69. The second-order valence-electron chi connectivity index (χ2n) is 6.99. The third kappa shape index (κ3) is 3.80. The van der Waals surface area contributed by atoms with Crippen molar-refractivity contribution in [3.05, 3.63) is 17.8 Å². The lowest BCUT2D eigenvalue weighted by Crippen LogP contribution is -2.43. The van der Waals surface area contributed by atoms with Gasteiger partial charge in [-0.05, 0) is 45.2 Å². The van der Waals surface area contributed by atoms with Gasteiger partial charge in [-0.15, -0.1) is 5.10 Å². The van der Waals surface area contributed by atoms with Crippen LogP contribution in [0.1, 0.15) is 32.4 Å². The van der Waals surface area contributed by atoms with Gasteiger partial charge in [-0.2, -0.15) is 5.10 Å². The Balaban J connectivity index is 1.57. The molecule has 1 amide bonds. The highest BCUT2D eigenvalue weighted by molar-refractivity contribution is 5.76. The highest BCUT2D eigenvalue weighted by Crippen LogP contribution is 2.36. The summed E-state index contributed by atoms with van der Waals surface area (Å²) in [5, 5.41) is 11.4. The number of amides is 1. The molecule has 23 heavy (non-hydrogen) atoms. The molecule has 0 unspecified atom stereocenters. The lowest BCUT2D eigenvalue weighted by Gasteiger charge is -2.36. The summed E-state index contributed by atoms with van der Waals surface area (Å²) in [7, 11) is 0. The van der Waals surface area contributed by atoms with Crippen molar-refractivity contribution in [1.82, 2.24) is 15.5 Å². The van der Waals surface area contributed by atoms with Gasteiger partial charge >= 0.3 is 0 Å². The first-order valence-electron chi connectivity index (χ1n) is 8.49. The zero-order valence-corrected chi connectivity index (χ0v) is 14.2. The van der Waals surface area contributed by atoms with Crippen LogP contribution in [0.25, 0.3) is 0 Å². The normalized spacial score (nSPS) is 27.1. The van der Waals surface area contributed by atoms with E-state index in [0.29, 0.717) is 18.3 Å². The van der Waals surface area contributed by atoms with E-state index in [4.69, 9.17) is 4.74 Å². The smallest absolute Gasteiger partial charge is 0.222 e. The highest BCUT2D eigenvalue weighted by atomic mass is 16.5. The Labute approximate surface area is 137 Å². The third-order valence-electron chi connectivity index (χ3n) is 4.74. The van der Waals surface area contributed by atoms with Gasteiger partial charge in [-0.3, -0.25) is 4.79 Å². The van der Waals surface area contributed by atoms with Crippen molar-refractivity contribution < 1.29 is 9.53 Å². The molecule has 3 atom stereocenters. The van der Waals surface area contributed by atoms with Crippen LogP contribution in [0, 0.1) is 18.8 Å². The number of aryl methyl sites for hydroxylation is 1. The Morgan fingerprint density at radius 2 is 2.26 bits per heavy atom. The molecular formula is C17H26N4O2. The molecule has 6 nitrogen and oxygen atoms in total. The summed E-state index contributed by atoms with van der Waals surface area (Å²) in [5.74, 6) is 1.99. The fourth-order valence-electron chi connectivity index (χ4n) is 3.63. The second-order valence-corrected chi connectivity index (χ2v) is 6.99. The van der Waals surface area contributed by atoms with Crippen molar-refractivity contribution in [1.29, 1.82) is 0 Å². The van der Waals surface area contributed by atoms with E-state index in [0.717, 1.165) is 37.6 Å². The van der Waals surface area contributed by atoms with Gasteiger partial charge in [-0.1, -0.05) is 0 Å². The average molecular weight is 318 g/mol. The second kappa shape index (κ2) is 6.83. The molecular weight excluding hydrogens is 292 g/mol. The molecule has 126 valence electrons. The van der Waals surface area contributed by atoms with Crippen molar-refractivity contribution in [2.75, 3.05) is 24.6 Å². The zero-order valence-electron chi connectivity index (χ0n) is 14.2. The molecule has 3 rings (SSSR count). The van der Waals surface area contributed by atoms with E-state index < -0.39 is 0 Å². The maximum Gasteiger partial charge on any atom is 0.222 e. The summed E-state index contributed by atoms with van der Waals surface area (Å²) in [6.07, 6.45) is 1.58. The van der Waals surface area contributed by atoms with Crippen LogP contribution in [0.4, 0.5) is 5.82 Å². The van der Waals surface area contributed by atoms with Gasteiger partial charge in [0.1, 0.15) is 0 Å². The number of piperidine rings is 1. The van der Waals surface area contributed by atoms with Crippen LogP contribution >= 0.6 is 0 Å². The van der Waals surface area contributed by atoms with Crippen LogP contribution in [0.5, 0.6) is 0 Å². The molecule has 2 aliphatic heterocycles. The number of nitrogens with zero attached hydrogens (tertiary/aromatic N) is 3. The fourth-order valence-corrected chi connectivity index (χ4v) is 3.63. The minimum Gasteiger partial charge on any atom is -0.377 e. The molecule has 0 saturated carbocycles. The van der Waals surface area contributed by atoms with Gasteiger partial charge in [0, 0.05) is 25.0 Å². The number of hydrogen-bond acceptors (Lipinski definition) is 5. The maximum atomic E-state index is 12.0. The van der Waals surface area contributed by atoms with Crippen LogP contribution in [0.2, 0.25) is 0 Å². The van der Waals surface area contributed by atoms with E-state index in [1.165, 1.54) is 0 Å². The summed E-state index contributed by atoms with van der Waals surface area (Å²) >= 11 is 0. The number of ether oxygens (including phenoxy) is 1. The average Bonchev–Trinajstić information content (AvgIpc) is 2.89. The number of aromatic nitrogens is 2. The van der Waals surface area contributed by atoms with E-state index >= 15 is 0 Å². The number of rotatable bonds is 4. The number of anilines is 1. The van der Waals surface area contributed by atoms with E-state index in [2.05, 4.69) is 20.4 Å². The molecule has 2 aliphatic rings. The monoisotopic (exact) mass is 318 g/mol. The van der Waals surface area contributed by atoms with Crippen LogP contribution in [0.15, 0.2) is 12.1 Å². The Bertz CT molecular complexity index is 546. The zero-order chi connectivity index (χ0) is 16.4. The van der Waals surface area contributed by atoms with Crippen molar-refractivity contribution >= 4 is 11.7 Å². The van der Waals surface area contributed by atoms with Gasteiger partial charge in [0.15, 0.2) is 5.82 Å². The Morgan fingerprint density at radius 1 is 1.43 bits per heavy atom. The Kier molecular flexibility index (Phi) is 4.80. The molecule has 1 aromatic rings. The molecule has 0 aromatic carbocycles. The summed E-state index contributed by atoms with van der Waals surface area (Å²) in [6, 6.07) is 4.21. The quantitative estimate of drug-likeness (QED) is 0.912. The number of carbonyl (C=O) groups excluding carboxylic acids is 1. The molecule has 6 heteroatoms. The highest BCUT2D eigenvalue weighted by Gasteiger charge is 2.41. The van der Waals surface area contributed by atoms with Gasteiger partial charge in [0.05, 0.1) is 24.8 Å². The summed E-state index contributed by atoms with van der Waals surface area (Å²) in [4.78, 5) is 14.3. The van der Waals surface area contributed by atoms with Crippen molar-refractivity contribution in [3.8, 4) is 0 Å². The van der Waals surface area contributed by atoms with E-state index in [1.54, 1.807) is 0 Å². The van der Waals surface area contributed by atoms with Crippen molar-refractivity contribution in [2.45, 2.75) is 45.8 Å². The molecule has 3 heterocycles. The molecule has 0 aliphatic carbocycles. The molecule has 0 spiro atoms. The first-order valence-corrected chi connectivity index (χ1v) is 8.49. The van der Waals surface area contributed by atoms with Crippen LogP contribution < -0.4 is 10.2 Å². The van der Waals surface area contributed by atoms with E-state index in [9.17, 15) is 4.79 Å². The molecule has 2 saturated heterocycles. The number of hydrogen-bond donors (Lipinski definition) is 1. The topological polar surface area (TPSA) is 67.3 Å². The molecule has 2 fully saturated rings. The van der Waals surface area contributed by atoms with Crippen LogP contribution in [-0.4, -0.2) is 47.9 Å². The van der Waals surface area contributed by atoms with E-state index in [1.807, 2.05) is 32.9 Å². The first kappa shape index (κ1) is 16.2. The molecule has 0 radical (unpaired) electrons. The number of nitrogens with one attached hydrogen (secondary N) is 1. The number of carbonyl (C=O) groups is 1. The largest absolute Gasteiger partial charge is 0.377 e. The maximum absolute atomic E-state index is 12.0. The summed E-state index contributed by atoms with van der Waals surface area (Å²) < 4.78 is 5.93. The van der Waals surface area contributed by atoms with Gasteiger partial charge < -0.3 is 15.0 Å². The van der Waals surface area contributed by atoms with Crippen molar-refractivity contribution in [2.24, 2.45) is 11.8 Å². The van der Waals surface area contributed by atoms with Crippen LogP contribution in [0.3, 0.4) is 0 Å². The predicted octanol–water partition coefficient (Wildman–Crippen LogP) is 1.54. The van der Waals surface area contributed by atoms with Gasteiger partial charge in [-0.25, -0.2) is 0 Å². The fraction of sp³-hybridized carbons (Fsp3) is 0.706. The minimum atomic E-state index is 0.0602. The first-order chi connectivity index (χ1) is 11.0. The van der Waals surface area contributed by atoms with E-state index in [-0.39, 0.29) is 18.1 Å². The third-order valence-corrected chi connectivity index (χ3v) is 4.74. The lowest BCUT2D eigenvalue weighted by atomic mass is 9.83. The molecule has 0 bridgehead atoms. The summed E-state index contributed by atoms with van der Waals surface area (Å²) in [6.45, 7) is 8.53. The Morgan fingerprint density at radius 3 is 2.96 bits per heavy atom. The standard InChI is InChI=1S/C17H26N4O2/c1-11(2)18-17(22)8-15-14-6-7-21(9-13(14)10-23-15)16-5-4-12(3)19-20-16/h4-5,11,13-15H,6-10H2,1-3H3,(H,18,22)/t13-,14-,15+/m1/s1. The van der Waals surface area contributed by atoms with Gasteiger partial charge in [0.25, 0.3) is 0 Å². The number of fused-ring (bicyclic) bond motifs is 1. The van der Waals surface area contributed by atoms with Crippen molar-refractivity contribution in [3.63, 3.8) is 0 Å². The minimum absolute atomic E-state index is 0.0602. The predicted molar refractivity (Wildman–Crippen MR) is 88.2 cm³/mol. The summed E-state index contributed by atoms with van der Waals surface area (Å²) in [5.41, 5.74) is 0.934. The van der Waals surface area contributed by atoms with Crippen LogP contribution in [-0.2, 0) is 9.53 Å². The lowest BCUT2D eigenvalue weighted by molar-refractivity contribution is -0.124. The molecule has 1 aromatic heterocycles. The SMILES string of the molecule is Cc1ccc(N2CC[C@@H]3[C@@H](CO[C@H]3CC(=O)NC(C)C)C2)nn1. The molecule has 1 N–H and O–H groups in total. The van der Waals surface area contributed by atoms with Gasteiger partial charge in [0.2, 0.25) is 5.91 Å².